The number of hydrogen-bond acceptors (Lipinski definition) is 2. The van der Waals surface area contributed by atoms with E-state index in [9.17, 15) is 4.79 Å². The largest absolute Gasteiger partial charge is 0.501 e. The summed E-state index contributed by atoms with van der Waals surface area (Å²) in [5.41, 5.74) is 1.31. The lowest BCUT2D eigenvalue weighted by Gasteiger charge is -2.12. The minimum Gasteiger partial charge on any atom is -0.501 e. The van der Waals surface area contributed by atoms with Gasteiger partial charge in [0.15, 0.2) is 5.78 Å². The smallest absolute Gasteiger partial charge is 0.192 e. The first-order chi connectivity index (χ1) is 7.68. The number of benzene rings is 1. The molecule has 0 amide bonds. The number of allylic oxidation sites excluding steroid dienone is 1. The van der Waals surface area contributed by atoms with Gasteiger partial charge in [0.25, 0.3) is 0 Å². The lowest BCUT2D eigenvalue weighted by Crippen LogP contribution is -2.09. The van der Waals surface area contributed by atoms with Crippen molar-refractivity contribution in [1.82, 2.24) is 0 Å². The van der Waals surface area contributed by atoms with Gasteiger partial charge in [-0.05, 0) is 47.0 Å². The van der Waals surface area contributed by atoms with Crippen LogP contribution in [0.4, 0.5) is 0 Å². The fourth-order valence-corrected chi connectivity index (χ4v) is 1.98. The molecule has 0 fully saturated rings. The van der Waals surface area contributed by atoms with Gasteiger partial charge in [-0.3, -0.25) is 4.79 Å². The van der Waals surface area contributed by atoms with E-state index in [1.165, 1.54) is 0 Å². The molecule has 16 heavy (non-hydrogen) atoms. The summed E-state index contributed by atoms with van der Waals surface area (Å²) >= 11 is 9.24. The summed E-state index contributed by atoms with van der Waals surface area (Å²) in [4.78, 5) is 12.0. The first-order valence-corrected chi connectivity index (χ1v) is 6.16. The van der Waals surface area contributed by atoms with Crippen LogP contribution in [-0.4, -0.2) is 12.4 Å². The summed E-state index contributed by atoms with van der Waals surface area (Å²) in [6.07, 6.45) is 3.22. The molecule has 2 rings (SSSR count). The number of ketones is 1. The Morgan fingerprint density at radius 2 is 2.25 bits per heavy atom. The van der Waals surface area contributed by atoms with E-state index in [0.717, 1.165) is 17.3 Å². The molecular weight excluding hydrogens is 291 g/mol. The van der Waals surface area contributed by atoms with Crippen LogP contribution >= 0.6 is 27.5 Å². The van der Waals surface area contributed by atoms with E-state index in [-0.39, 0.29) is 5.78 Å². The topological polar surface area (TPSA) is 26.3 Å². The number of rotatable bonds is 2. The van der Waals surface area contributed by atoms with Crippen molar-refractivity contribution in [2.45, 2.75) is 12.8 Å². The maximum absolute atomic E-state index is 12.0. The van der Waals surface area contributed by atoms with Crippen molar-refractivity contribution in [3.8, 4) is 0 Å². The second kappa shape index (κ2) is 5.02. The summed E-state index contributed by atoms with van der Waals surface area (Å²) in [5, 5.41) is 0.545. The monoisotopic (exact) mass is 300 g/mol. The van der Waals surface area contributed by atoms with Gasteiger partial charge < -0.3 is 4.74 Å². The van der Waals surface area contributed by atoms with Gasteiger partial charge in [-0.15, -0.1) is 0 Å². The number of carbonyl (C=O) groups excluding carboxylic acids is 1. The van der Waals surface area contributed by atoms with Crippen LogP contribution in [0.25, 0.3) is 0 Å². The van der Waals surface area contributed by atoms with Crippen LogP contribution in [0.15, 0.2) is 34.5 Å². The van der Waals surface area contributed by atoms with Gasteiger partial charge in [-0.2, -0.15) is 0 Å². The molecular formula is C12H10BrClO2. The number of hydrogen-bond donors (Lipinski definition) is 0. The molecule has 84 valence electrons. The third-order valence-corrected chi connectivity index (χ3v) is 3.64. The first-order valence-electron chi connectivity index (χ1n) is 4.99. The van der Waals surface area contributed by atoms with Crippen LogP contribution in [-0.2, 0) is 4.74 Å². The Morgan fingerprint density at radius 3 is 2.88 bits per heavy atom. The van der Waals surface area contributed by atoms with Crippen LogP contribution in [0.3, 0.4) is 0 Å². The molecule has 0 saturated carbocycles. The highest BCUT2D eigenvalue weighted by molar-refractivity contribution is 9.10. The molecule has 0 radical (unpaired) electrons. The van der Waals surface area contributed by atoms with Gasteiger partial charge in [0, 0.05) is 15.6 Å². The highest BCUT2D eigenvalue weighted by Gasteiger charge is 2.16. The molecule has 4 heteroatoms. The molecule has 1 aliphatic heterocycles. The van der Waals surface area contributed by atoms with Crippen LogP contribution in [0, 0.1) is 0 Å². The zero-order valence-corrected chi connectivity index (χ0v) is 10.8. The first kappa shape index (κ1) is 11.7. The van der Waals surface area contributed by atoms with Gasteiger partial charge in [-0.1, -0.05) is 11.6 Å². The Hall–Kier alpha value is -0.800. The number of ether oxygens (including phenoxy) is 1. The summed E-state index contributed by atoms with van der Waals surface area (Å²) in [6.45, 7) is 0.692. The van der Waals surface area contributed by atoms with Crippen LogP contribution < -0.4 is 0 Å². The lowest BCUT2D eigenvalue weighted by atomic mass is 10.00. The van der Waals surface area contributed by atoms with Gasteiger partial charge in [-0.25, -0.2) is 0 Å². The predicted octanol–water partition coefficient (Wildman–Crippen LogP) is 3.98. The average molecular weight is 302 g/mol. The van der Waals surface area contributed by atoms with Crippen molar-refractivity contribution < 1.29 is 9.53 Å². The second-order valence-electron chi connectivity index (χ2n) is 3.58. The third kappa shape index (κ3) is 2.47. The Kier molecular flexibility index (Phi) is 3.66. The van der Waals surface area contributed by atoms with Gasteiger partial charge in [0.2, 0.25) is 0 Å². The Labute approximate surface area is 107 Å². The summed E-state index contributed by atoms with van der Waals surface area (Å²) < 4.78 is 5.94. The average Bonchev–Trinajstić information content (AvgIpc) is 2.33. The molecule has 0 bridgehead atoms. The normalized spacial score (nSPS) is 15.2. The number of Topliss-reactive ketones (excluding diaryl/α,β-unsaturated/α-hetero) is 1. The quantitative estimate of drug-likeness (QED) is 0.772. The molecule has 0 atom stereocenters. The standard InChI is InChI=1S/C12H10BrClO2/c13-10-4-3-8(6-11(10)14)12(15)9-2-1-5-16-7-9/h3-4,6-7H,1-2,5H2. The molecule has 1 aliphatic rings. The maximum Gasteiger partial charge on any atom is 0.192 e. The third-order valence-electron chi connectivity index (χ3n) is 2.41. The molecule has 1 aromatic carbocycles. The molecule has 1 heterocycles. The van der Waals surface area contributed by atoms with Gasteiger partial charge in [0.05, 0.1) is 17.9 Å². The van der Waals surface area contributed by atoms with Crippen molar-refractivity contribution >= 4 is 33.3 Å². The fraction of sp³-hybridized carbons (Fsp3) is 0.250. The van der Waals surface area contributed by atoms with Crippen molar-refractivity contribution in [3.05, 3.63) is 45.1 Å². The van der Waals surface area contributed by atoms with E-state index in [0.29, 0.717) is 22.8 Å². The molecule has 0 spiro atoms. The van der Waals surface area contributed by atoms with Crippen molar-refractivity contribution in [2.75, 3.05) is 6.61 Å². The van der Waals surface area contributed by atoms with Crippen molar-refractivity contribution in [3.63, 3.8) is 0 Å². The van der Waals surface area contributed by atoms with E-state index in [1.54, 1.807) is 24.5 Å². The zero-order valence-electron chi connectivity index (χ0n) is 8.50. The molecule has 0 aromatic heterocycles. The van der Waals surface area contributed by atoms with Crippen molar-refractivity contribution in [1.29, 1.82) is 0 Å². The van der Waals surface area contributed by atoms with Crippen LogP contribution in [0.1, 0.15) is 23.2 Å². The molecule has 0 unspecified atom stereocenters. The SMILES string of the molecule is O=C(C1=COCCC1)c1ccc(Br)c(Cl)c1. The minimum absolute atomic E-state index is 0.00546. The van der Waals surface area contributed by atoms with Gasteiger partial charge in [0.1, 0.15) is 0 Å². The van der Waals surface area contributed by atoms with E-state index in [2.05, 4.69) is 15.9 Å². The van der Waals surface area contributed by atoms with Crippen LogP contribution in [0.5, 0.6) is 0 Å². The maximum atomic E-state index is 12.0. The molecule has 0 N–H and O–H groups in total. The Morgan fingerprint density at radius 1 is 1.44 bits per heavy atom. The summed E-state index contributed by atoms with van der Waals surface area (Å²) in [5.74, 6) is -0.00546. The molecule has 1 aromatic rings. The summed E-state index contributed by atoms with van der Waals surface area (Å²) in [7, 11) is 0. The minimum atomic E-state index is -0.00546. The van der Waals surface area contributed by atoms with E-state index >= 15 is 0 Å². The fourth-order valence-electron chi connectivity index (χ4n) is 1.55. The number of carbonyl (C=O) groups is 1. The second-order valence-corrected chi connectivity index (χ2v) is 4.84. The Balaban J connectivity index is 2.26. The predicted molar refractivity (Wildman–Crippen MR) is 66.8 cm³/mol. The molecule has 0 aliphatic carbocycles. The highest BCUT2D eigenvalue weighted by Crippen LogP contribution is 2.25. The van der Waals surface area contributed by atoms with E-state index < -0.39 is 0 Å². The molecule has 0 saturated heterocycles. The molecule has 2 nitrogen and oxygen atoms in total. The number of halogens is 2. The van der Waals surface area contributed by atoms with Crippen LogP contribution in [0.2, 0.25) is 5.02 Å². The zero-order chi connectivity index (χ0) is 11.5. The Bertz CT molecular complexity index is 454. The van der Waals surface area contributed by atoms with E-state index in [4.69, 9.17) is 16.3 Å². The lowest BCUT2D eigenvalue weighted by molar-refractivity contribution is 0.101. The summed E-state index contributed by atoms with van der Waals surface area (Å²) in [6, 6.07) is 5.21. The highest BCUT2D eigenvalue weighted by atomic mass is 79.9. The van der Waals surface area contributed by atoms with E-state index in [1.807, 2.05) is 0 Å². The van der Waals surface area contributed by atoms with Gasteiger partial charge >= 0.3 is 0 Å². The van der Waals surface area contributed by atoms with Crippen molar-refractivity contribution in [2.24, 2.45) is 0 Å².